The van der Waals surface area contributed by atoms with Gasteiger partial charge in [-0.25, -0.2) is 9.78 Å². The largest absolute Gasteiger partial charge is 0.496 e. The third-order valence-corrected chi connectivity index (χ3v) is 3.19. The number of pyridine rings is 1. The van der Waals surface area contributed by atoms with Crippen LogP contribution in [-0.4, -0.2) is 51.6 Å². The van der Waals surface area contributed by atoms with Crippen LogP contribution >= 0.6 is 11.6 Å². The number of amides is 1. The Hall–Kier alpha value is -2.28. The highest BCUT2D eigenvalue weighted by Gasteiger charge is 2.11. The average molecular weight is 311 g/mol. The van der Waals surface area contributed by atoms with Crippen molar-refractivity contribution in [1.29, 1.82) is 0 Å². The van der Waals surface area contributed by atoms with E-state index in [1.807, 2.05) is 6.20 Å². The van der Waals surface area contributed by atoms with Crippen molar-refractivity contribution in [3.63, 3.8) is 0 Å². The first kappa shape index (κ1) is 15.1. The van der Waals surface area contributed by atoms with Gasteiger partial charge in [-0.1, -0.05) is 11.6 Å². The lowest BCUT2D eigenvalue weighted by Crippen LogP contribution is -2.28. The lowest BCUT2D eigenvalue weighted by molar-refractivity contribution is 0.154. The summed E-state index contributed by atoms with van der Waals surface area (Å²) in [6, 6.07) is 1.63. The summed E-state index contributed by atoms with van der Waals surface area (Å²) in [4.78, 5) is 16.0. The first-order valence-electron chi connectivity index (χ1n) is 6.17. The summed E-state index contributed by atoms with van der Waals surface area (Å²) in [5.41, 5.74) is 1.61. The van der Waals surface area contributed by atoms with Gasteiger partial charge in [0, 0.05) is 43.2 Å². The molecule has 0 saturated heterocycles. The van der Waals surface area contributed by atoms with E-state index in [0.29, 0.717) is 24.0 Å². The molecule has 0 saturated carbocycles. The number of hydrogen-bond donors (Lipinski definition) is 1. The quantitative estimate of drug-likeness (QED) is 0.856. The third-order valence-electron chi connectivity index (χ3n) is 2.99. The third kappa shape index (κ3) is 3.63. The molecule has 2 heterocycles. The van der Waals surface area contributed by atoms with Gasteiger partial charge in [0.15, 0.2) is 0 Å². The molecule has 2 aromatic rings. The van der Waals surface area contributed by atoms with Crippen LogP contribution in [0.2, 0.25) is 5.15 Å². The summed E-state index contributed by atoms with van der Waals surface area (Å²) in [5, 5.41) is 13.4. The van der Waals surface area contributed by atoms with Gasteiger partial charge in [0.25, 0.3) is 0 Å². The average Bonchev–Trinajstić information content (AvgIpc) is 2.93. The summed E-state index contributed by atoms with van der Waals surface area (Å²) in [5.74, 6) is 0.609. The van der Waals surface area contributed by atoms with Crippen LogP contribution in [0.5, 0.6) is 5.75 Å². The lowest BCUT2D eigenvalue weighted by atomic mass is 10.1. The Morgan fingerprint density at radius 3 is 2.95 bits per heavy atom. The summed E-state index contributed by atoms with van der Waals surface area (Å²) in [6.07, 6.45) is 4.13. The molecule has 0 spiro atoms. The van der Waals surface area contributed by atoms with Gasteiger partial charge in [0.1, 0.15) is 10.9 Å². The summed E-state index contributed by atoms with van der Waals surface area (Å²) in [7, 11) is 3.07. The molecule has 7 nitrogen and oxygen atoms in total. The van der Waals surface area contributed by atoms with Crippen molar-refractivity contribution < 1.29 is 14.6 Å². The number of rotatable bonds is 5. The molecular weight excluding hydrogens is 296 g/mol. The molecule has 0 fully saturated rings. The van der Waals surface area contributed by atoms with Crippen molar-refractivity contribution in [2.24, 2.45) is 0 Å². The van der Waals surface area contributed by atoms with Gasteiger partial charge in [-0.05, 0) is 0 Å². The molecule has 0 aromatic carbocycles. The maximum atomic E-state index is 10.7. The fraction of sp³-hybridized carbons (Fsp3) is 0.308. The molecule has 21 heavy (non-hydrogen) atoms. The van der Waals surface area contributed by atoms with E-state index in [4.69, 9.17) is 21.4 Å². The minimum Gasteiger partial charge on any atom is -0.496 e. The predicted octanol–water partition coefficient (Wildman–Crippen LogP) is 2.22. The van der Waals surface area contributed by atoms with Crippen LogP contribution < -0.4 is 4.74 Å². The Morgan fingerprint density at radius 1 is 1.52 bits per heavy atom. The van der Waals surface area contributed by atoms with Crippen molar-refractivity contribution in [2.75, 3.05) is 20.7 Å². The molecule has 112 valence electrons. The molecular formula is C13H15ClN4O3. The van der Waals surface area contributed by atoms with E-state index in [1.54, 1.807) is 30.3 Å². The van der Waals surface area contributed by atoms with E-state index in [0.717, 1.165) is 11.1 Å². The highest BCUT2D eigenvalue weighted by molar-refractivity contribution is 6.29. The SMILES string of the molecule is COc1cc(Cl)ncc1-c1cnn(CCN(C)C(=O)O)c1. The Kier molecular flexibility index (Phi) is 4.64. The highest BCUT2D eigenvalue weighted by Crippen LogP contribution is 2.30. The fourth-order valence-corrected chi connectivity index (χ4v) is 1.92. The number of hydrogen-bond acceptors (Lipinski definition) is 4. The summed E-state index contributed by atoms with van der Waals surface area (Å²) < 4.78 is 6.94. The molecule has 0 aliphatic carbocycles. The Bertz CT molecular complexity index is 644. The molecule has 0 bridgehead atoms. The van der Waals surface area contributed by atoms with Crippen molar-refractivity contribution in [3.8, 4) is 16.9 Å². The summed E-state index contributed by atoms with van der Waals surface area (Å²) >= 11 is 5.83. The minimum atomic E-state index is -0.967. The fourth-order valence-electron chi connectivity index (χ4n) is 1.77. The maximum absolute atomic E-state index is 10.7. The monoisotopic (exact) mass is 310 g/mol. The molecule has 0 aliphatic rings. The number of carbonyl (C=O) groups is 1. The highest BCUT2D eigenvalue weighted by atomic mass is 35.5. The molecule has 1 amide bonds. The van der Waals surface area contributed by atoms with Crippen molar-refractivity contribution >= 4 is 17.7 Å². The molecule has 0 aliphatic heterocycles. The Balaban J connectivity index is 2.15. The van der Waals surface area contributed by atoms with Crippen LogP contribution in [0, 0.1) is 0 Å². The Labute approximate surface area is 126 Å². The van der Waals surface area contributed by atoms with Crippen LogP contribution in [0.1, 0.15) is 0 Å². The van der Waals surface area contributed by atoms with Gasteiger partial charge in [-0.3, -0.25) is 4.68 Å². The standard InChI is InChI=1S/C13H15ClN4O3/c1-17(13(19)20)3-4-18-8-9(6-16-18)10-7-15-12(14)5-11(10)21-2/h5-8H,3-4H2,1-2H3,(H,19,20). The second kappa shape index (κ2) is 6.45. The van der Waals surface area contributed by atoms with Crippen LogP contribution in [0.4, 0.5) is 4.79 Å². The van der Waals surface area contributed by atoms with Gasteiger partial charge < -0.3 is 14.7 Å². The zero-order chi connectivity index (χ0) is 15.4. The van der Waals surface area contributed by atoms with E-state index in [-0.39, 0.29) is 0 Å². The number of ether oxygens (including phenoxy) is 1. The zero-order valence-electron chi connectivity index (χ0n) is 11.7. The molecule has 0 radical (unpaired) electrons. The molecule has 0 unspecified atom stereocenters. The number of aromatic nitrogens is 3. The smallest absolute Gasteiger partial charge is 0.407 e. The number of carboxylic acid groups (broad SMARTS) is 1. The molecule has 2 aromatic heterocycles. The van der Waals surface area contributed by atoms with Crippen LogP contribution in [0.25, 0.3) is 11.1 Å². The van der Waals surface area contributed by atoms with Gasteiger partial charge in [0.05, 0.1) is 19.9 Å². The van der Waals surface area contributed by atoms with E-state index in [2.05, 4.69) is 10.1 Å². The second-order valence-electron chi connectivity index (χ2n) is 4.40. The minimum absolute atomic E-state index is 0.353. The van der Waals surface area contributed by atoms with Crippen molar-refractivity contribution in [2.45, 2.75) is 6.54 Å². The predicted molar refractivity (Wildman–Crippen MR) is 77.7 cm³/mol. The molecule has 2 rings (SSSR count). The number of nitrogens with zero attached hydrogens (tertiary/aromatic N) is 4. The van der Waals surface area contributed by atoms with Crippen LogP contribution in [0.3, 0.4) is 0 Å². The normalized spacial score (nSPS) is 10.4. The van der Waals surface area contributed by atoms with Gasteiger partial charge in [0.2, 0.25) is 0 Å². The lowest BCUT2D eigenvalue weighted by Gasteiger charge is -2.12. The summed E-state index contributed by atoms with van der Waals surface area (Å²) in [6.45, 7) is 0.818. The molecule has 0 atom stereocenters. The van der Waals surface area contributed by atoms with Gasteiger partial charge in [-0.2, -0.15) is 5.10 Å². The Morgan fingerprint density at radius 2 is 2.29 bits per heavy atom. The molecule has 1 N–H and O–H groups in total. The van der Waals surface area contributed by atoms with E-state index in [1.165, 1.54) is 11.9 Å². The van der Waals surface area contributed by atoms with E-state index >= 15 is 0 Å². The van der Waals surface area contributed by atoms with Gasteiger partial charge in [-0.15, -0.1) is 0 Å². The van der Waals surface area contributed by atoms with E-state index < -0.39 is 6.09 Å². The van der Waals surface area contributed by atoms with E-state index in [9.17, 15) is 4.79 Å². The van der Waals surface area contributed by atoms with Crippen LogP contribution in [0.15, 0.2) is 24.7 Å². The van der Waals surface area contributed by atoms with Crippen molar-refractivity contribution in [3.05, 3.63) is 29.8 Å². The van der Waals surface area contributed by atoms with Crippen LogP contribution in [-0.2, 0) is 6.54 Å². The number of halogens is 1. The van der Waals surface area contributed by atoms with Crippen molar-refractivity contribution in [1.82, 2.24) is 19.7 Å². The van der Waals surface area contributed by atoms with Gasteiger partial charge >= 0.3 is 6.09 Å². The zero-order valence-corrected chi connectivity index (χ0v) is 12.4. The second-order valence-corrected chi connectivity index (χ2v) is 4.79. The first-order chi connectivity index (χ1) is 10.0. The number of methoxy groups -OCH3 is 1. The first-order valence-corrected chi connectivity index (χ1v) is 6.55. The molecule has 8 heteroatoms. The maximum Gasteiger partial charge on any atom is 0.407 e. The topological polar surface area (TPSA) is 80.5 Å². The number of likely N-dealkylation sites (N-methyl/N-ethyl adjacent to an activating group) is 1.